The van der Waals surface area contributed by atoms with E-state index in [0.717, 1.165) is 16.6 Å². The lowest BCUT2D eigenvalue weighted by atomic mass is 10.0. The topological polar surface area (TPSA) is 69.3 Å². The molecule has 146 valence electrons. The summed E-state index contributed by atoms with van der Waals surface area (Å²) in [6.45, 7) is 8.01. The number of thioether (sulfide) groups is 1. The van der Waals surface area contributed by atoms with E-state index in [9.17, 15) is 9.59 Å². The molecule has 0 spiro atoms. The predicted octanol–water partition coefficient (Wildman–Crippen LogP) is 3.82. The van der Waals surface area contributed by atoms with Crippen LogP contribution in [0.5, 0.6) is 0 Å². The number of aryl methyl sites for hydroxylation is 2. The molecule has 29 heavy (non-hydrogen) atoms. The Labute approximate surface area is 171 Å². The van der Waals surface area contributed by atoms with Crippen LogP contribution >= 0.6 is 11.8 Å². The minimum absolute atomic E-state index is 0.0352. The van der Waals surface area contributed by atoms with Gasteiger partial charge in [-0.25, -0.2) is 0 Å². The first-order valence-corrected chi connectivity index (χ1v) is 10.2. The average molecular weight is 404 g/mol. The second-order valence-electron chi connectivity index (χ2n) is 6.87. The van der Waals surface area contributed by atoms with Crippen LogP contribution < -0.4 is 5.56 Å². The second-order valence-corrected chi connectivity index (χ2v) is 7.81. The molecule has 0 aliphatic heterocycles. The number of carbonyl (C=O) groups excluding carboxylic acids is 1. The number of Topliss-reactive ketones (excluding diaryl/α,β-unsaturated/α-hetero) is 1. The summed E-state index contributed by atoms with van der Waals surface area (Å²) in [5, 5.41) is 9.63. The fourth-order valence-corrected chi connectivity index (χ4v) is 4.28. The number of nitrogens with zero attached hydrogens (tertiary/aromatic N) is 4. The molecule has 0 amide bonds. The number of ketones is 1. The van der Waals surface area contributed by atoms with Gasteiger partial charge in [-0.1, -0.05) is 53.7 Å². The third-order valence-electron chi connectivity index (χ3n) is 4.80. The predicted molar refractivity (Wildman–Crippen MR) is 116 cm³/mol. The molecule has 0 aliphatic rings. The zero-order valence-electron chi connectivity index (χ0n) is 16.3. The quantitative estimate of drug-likeness (QED) is 0.278. The fourth-order valence-electron chi connectivity index (χ4n) is 3.46. The Bertz CT molecular complexity index is 1320. The van der Waals surface area contributed by atoms with Crippen LogP contribution in [0.25, 0.3) is 16.7 Å². The highest BCUT2D eigenvalue weighted by atomic mass is 32.2. The summed E-state index contributed by atoms with van der Waals surface area (Å²) in [6, 6.07) is 13.2. The van der Waals surface area contributed by atoms with E-state index in [1.54, 1.807) is 16.7 Å². The van der Waals surface area contributed by atoms with Crippen molar-refractivity contribution < 1.29 is 4.79 Å². The van der Waals surface area contributed by atoms with Crippen LogP contribution in [0.1, 0.15) is 21.5 Å². The number of rotatable bonds is 6. The van der Waals surface area contributed by atoms with Crippen LogP contribution in [-0.4, -0.2) is 30.7 Å². The number of aromatic nitrogens is 4. The lowest BCUT2D eigenvalue weighted by molar-refractivity contribution is 0.102. The molecule has 0 atom stereocenters. The van der Waals surface area contributed by atoms with E-state index in [4.69, 9.17) is 0 Å². The summed E-state index contributed by atoms with van der Waals surface area (Å²) in [4.78, 5) is 25.6. The van der Waals surface area contributed by atoms with Crippen molar-refractivity contribution in [2.45, 2.75) is 25.5 Å². The van der Waals surface area contributed by atoms with Crippen LogP contribution in [0.15, 0.2) is 65.1 Å². The summed E-state index contributed by atoms with van der Waals surface area (Å²) in [5.41, 5.74) is 3.39. The van der Waals surface area contributed by atoms with Gasteiger partial charge in [0.15, 0.2) is 10.9 Å². The minimum Gasteiger partial charge on any atom is -0.293 e. The molecule has 0 saturated carbocycles. The van der Waals surface area contributed by atoms with Gasteiger partial charge in [-0.05, 0) is 31.5 Å². The van der Waals surface area contributed by atoms with Crippen LogP contribution in [0.4, 0.5) is 0 Å². The van der Waals surface area contributed by atoms with Gasteiger partial charge in [0.1, 0.15) is 0 Å². The largest absolute Gasteiger partial charge is 0.293 e. The van der Waals surface area contributed by atoms with Crippen LogP contribution in [0.3, 0.4) is 0 Å². The molecule has 0 fully saturated rings. The standard InChI is InChI=1S/C22H20N4O2S/c1-4-11-25-20(28)17-7-5-6-8-18(17)26-21(25)23-24-22(26)29-13-19(27)16-10-9-14(2)12-15(16)3/h4-10,12H,1,11,13H2,2-3H3. The Morgan fingerprint density at radius 1 is 1.17 bits per heavy atom. The van der Waals surface area contributed by atoms with Crippen LogP contribution in [0, 0.1) is 13.8 Å². The first kappa shape index (κ1) is 19.1. The molecule has 2 aromatic heterocycles. The van der Waals surface area contributed by atoms with Gasteiger partial charge in [-0.15, -0.1) is 16.8 Å². The second kappa shape index (κ2) is 7.67. The number of fused-ring (bicyclic) bond motifs is 3. The molecule has 2 heterocycles. The van der Waals surface area contributed by atoms with Crippen molar-refractivity contribution in [2.24, 2.45) is 0 Å². The van der Waals surface area contributed by atoms with Gasteiger partial charge in [0.25, 0.3) is 5.56 Å². The minimum atomic E-state index is -0.136. The molecule has 0 radical (unpaired) electrons. The van der Waals surface area contributed by atoms with Crippen molar-refractivity contribution in [3.05, 3.63) is 82.2 Å². The molecule has 0 unspecified atom stereocenters. The highest BCUT2D eigenvalue weighted by Gasteiger charge is 2.18. The molecule has 4 aromatic rings. The zero-order valence-corrected chi connectivity index (χ0v) is 17.1. The monoisotopic (exact) mass is 404 g/mol. The van der Waals surface area contributed by atoms with Crippen molar-refractivity contribution in [3.8, 4) is 0 Å². The van der Waals surface area contributed by atoms with E-state index >= 15 is 0 Å². The van der Waals surface area contributed by atoms with E-state index in [1.165, 1.54) is 11.8 Å². The maximum Gasteiger partial charge on any atom is 0.263 e. The van der Waals surface area contributed by atoms with Gasteiger partial charge in [0.2, 0.25) is 5.78 Å². The number of hydrogen-bond acceptors (Lipinski definition) is 5. The van der Waals surface area contributed by atoms with Gasteiger partial charge in [-0.2, -0.15) is 0 Å². The molecule has 2 aromatic carbocycles. The maximum absolute atomic E-state index is 12.8. The summed E-state index contributed by atoms with van der Waals surface area (Å²) in [7, 11) is 0. The molecule has 0 N–H and O–H groups in total. The van der Waals surface area contributed by atoms with Gasteiger partial charge in [-0.3, -0.25) is 18.6 Å². The number of para-hydroxylation sites is 1. The van der Waals surface area contributed by atoms with Gasteiger partial charge < -0.3 is 0 Å². The third kappa shape index (κ3) is 3.38. The van der Waals surface area contributed by atoms with Gasteiger partial charge in [0.05, 0.1) is 16.7 Å². The van der Waals surface area contributed by atoms with Gasteiger partial charge in [0, 0.05) is 12.1 Å². The van der Waals surface area contributed by atoms with Crippen molar-refractivity contribution in [1.29, 1.82) is 0 Å². The van der Waals surface area contributed by atoms with E-state index in [0.29, 0.717) is 28.4 Å². The van der Waals surface area contributed by atoms with E-state index < -0.39 is 0 Å². The summed E-state index contributed by atoms with van der Waals surface area (Å²) in [6.07, 6.45) is 1.65. The van der Waals surface area contributed by atoms with Crippen molar-refractivity contribution in [3.63, 3.8) is 0 Å². The average Bonchev–Trinajstić information content (AvgIpc) is 3.13. The summed E-state index contributed by atoms with van der Waals surface area (Å²) in [5.74, 6) is 0.711. The Morgan fingerprint density at radius 3 is 2.72 bits per heavy atom. The fraction of sp³-hybridized carbons (Fsp3) is 0.182. The first-order chi connectivity index (χ1) is 14.0. The maximum atomic E-state index is 12.8. The van der Waals surface area contributed by atoms with Crippen molar-refractivity contribution in [1.82, 2.24) is 19.2 Å². The Morgan fingerprint density at radius 2 is 1.97 bits per heavy atom. The smallest absolute Gasteiger partial charge is 0.263 e. The van der Waals surface area contributed by atoms with E-state index in [-0.39, 0.29) is 17.1 Å². The molecular weight excluding hydrogens is 384 g/mol. The lowest BCUT2D eigenvalue weighted by Crippen LogP contribution is -2.22. The SMILES string of the molecule is C=CCn1c(=O)c2ccccc2n2c(SCC(=O)c3ccc(C)cc3C)nnc12. The number of carbonyl (C=O) groups is 1. The molecule has 0 aliphatic carbocycles. The Kier molecular flexibility index (Phi) is 5.07. The van der Waals surface area contributed by atoms with Crippen molar-refractivity contribution >= 4 is 34.2 Å². The number of allylic oxidation sites excluding steroid dienone is 1. The van der Waals surface area contributed by atoms with Crippen LogP contribution in [0.2, 0.25) is 0 Å². The van der Waals surface area contributed by atoms with Crippen molar-refractivity contribution in [2.75, 3.05) is 5.75 Å². The highest BCUT2D eigenvalue weighted by Crippen LogP contribution is 2.23. The molecule has 6 nitrogen and oxygen atoms in total. The van der Waals surface area contributed by atoms with E-state index in [1.807, 2.05) is 54.6 Å². The molecule has 0 saturated heterocycles. The Hall–Kier alpha value is -3.19. The Balaban J connectivity index is 1.76. The lowest BCUT2D eigenvalue weighted by Gasteiger charge is -2.10. The normalized spacial score (nSPS) is 11.2. The number of hydrogen-bond donors (Lipinski definition) is 0. The summed E-state index contributed by atoms with van der Waals surface area (Å²) < 4.78 is 3.37. The number of benzene rings is 2. The van der Waals surface area contributed by atoms with E-state index in [2.05, 4.69) is 16.8 Å². The molecule has 4 rings (SSSR count). The third-order valence-corrected chi connectivity index (χ3v) is 5.73. The molecule has 0 bridgehead atoms. The first-order valence-electron chi connectivity index (χ1n) is 9.22. The summed E-state index contributed by atoms with van der Waals surface area (Å²) >= 11 is 1.32. The molecule has 7 heteroatoms. The molecular formula is C22H20N4O2S. The highest BCUT2D eigenvalue weighted by molar-refractivity contribution is 7.99. The zero-order chi connectivity index (χ0) is 20.5. The van der Waals surface area contributed by atoms with Gasteiger partial charge >= 0.3 is 0 Å². The van der Waals surface area contributed by atoms with Crippen LogP contribution in [-0.2, 0) is 6.54 Å².